The minimum Gasteiger partial charge on any atom is -0.388 e. The lowest BCUT2D eigenvalue weighted by Gasteiger charge is -2.44. The quantitative estimate of drug-likeness (QED) is 0.757. The Morgan fingerprint density at radius 2 is 2.04 bits per heavy atom. The summed E-state index contributed by atoms with van der Waals surface area (Å²) in [6.07, 6.45) is 10.6. The van der Waals surface area contributed by atoms with Crippen LogP contribution in [0.4, 0.5) is 0 Å². The van der Waals surface area contributed by atoms with Gasteiger partial charge in [0.1, 0.15) is 0 Å². The summed E-state index contributed by atoms with van der Waals surface area (Å²) >= 11 is 0. The van der Waals surface area contributed by atoms with Crippen molar-refractivity contribution < 1.29 is 9.90 Å². The molecule has 0 radical (unpaired) electrons. The zero-order valence-electron chi connectivity index (χ0n) is 16.2. The highest BCUT2D eigenvalue weighted by atomic mass is 16.3. The average molecular weight is 379 g/mol. The van der Waals surface area contributed by atoms with Gasteiger partial charge in [-0.2, -0.15) is 5.10 Å². The number of piperidine rings is 1. The first-order valence-electron chi connectivity index (χ1n) is 9.88. The zero-order valence-corrected chi connectivity index (χ0v) is 16.2. The molecule has 2 aliphatic rings. The lowest BCUT2D eigenvalue weighted by Crippen LogP contribution is -2.54. The number of rotatable bonds is 3. The number of amides is 1. The number of aryl methyl sites for hydroxylation is 2. The van der Waals surface area contributed by atoms with Gasteiger partial charge in [0.15, 0.2) is 0 Å². The summed E-state index contributed by atoms with van der Waals surface area (Å²) < 4.78 is 3.78. The molecule has 1 N–H and O–H groups in total. The van der Waals surface area contributed by atoms with Crippen molar-refractivity contribution in [2.24, 2.45) is 7.05 Å². The van der Waals surface area contributed by atoms with Gasteiger partial charge in [0.2, 0.25) is 0 Å². The van der Waals surface area contributed by atoms with E-state index in [1.165, 1.54) is 0 Å². The zero-order chi connectivity index (χ0) is 19.5. The Morgan fingerprint density at radius 1 is 1.29 bits per heavy atom. The molecule has 5 rings (SSSR count). The number of aromatic nitrogens is 4. The fraction of sp³-hybridized carbons (Fsp3) is 0.476. The highest BCUT2D eigenvalue weighted by molar-refractivity contribution is 5.95. The van der Waals surface area contributed by atoms with Gasteiger partial charge in [-0.1, -0.05) is 0 Å². The number of nitrogens with zero attached hydrogens (tertiary/aromatic N) is 5. The van der Waals surface area contributed by atoms with E-state index >= 15 is 0 Å². The van der Waals surface area contributed by atoms with E-state index in [1.54, 1.807) is 17.1 Å². The van der Waals surface area contributed by atoms with E-state index in [9.17, 15) is 9.90 Å². The van der Waals surface area contributed by atoms with Crippen LogP contribution in [-0.2, 0) is 13.6 Å². The van der Waals surface area contributed by atoms with Gasteiger partial charge >= 0.3 is 0 Å². The maximum Gasteiger partial charge on any atom is 0.257 e. The van der Waals surface area contributed by atoms with Gasteiger partial charge in [-0.05, 0) is 44.7 Å². The Bertz CT molecular complexity index is 1040. The molecule has 2 unspecified atom stereocenters. The van der Waals surface area contributed by atoms with E-state index in [1.807, 2.05) is 37.3 Å². The van der Waals surface area contributed by atoms with Gasteiger partial charge in [-0.3, -0.25) is 14.5 Å². The summed E-state index contributed by atoms with van der Waals surface area (Å²) in [5.74, 6) is 0.0516. The lowest BCUT2D eigenvalue weighted by molar-refractivity contribution is -0.0533. The molecule has 0 spiro atoms. The third kappa shape index (κ3) is 2.73. The number of hydrogen-bond donors (Lipinski definition) is 1. The van der Waals surface area contributed by atoms with Crippen molar-refractivity contribution >= 4 is 16.8 Å². The molecule has 2 atom stereocenters. The SMILES string of the molecule is Cc1nn(C)cc1C(=O)N1C2CCC1CC(O)(Cn1ccc3ccncc31)C2. The van der Waals surface area contributed by atoms with Crippen molar-refractivity contribution in [3.8, 4) is 0 Å². The predicted octanol–water partition coefficient (Wildman–Crippen LogP) is 2.28. The Balaban J connectivity index is 1.39. The van der Waals surface area contributed by atoms with Crippen molar-refractivity contribution in [1.29, 1.82) is 0 Å². The number of pyridine rings is 1. The van der Waals surface area contributed by atoms with Gasteiger partial charge in [-0.15, -0.1) is 0 Å². The second-order valence-electron chi connectivity index (χ2n) is 8.41. The molecule has 0 saturated carbocycles. The maximum absolute atomic E-state index is 13.2. The fourth-order valence-electron chi connectivity index (χ4n) is 5.22. The van der Waals surface area contributed by atoms with Crippen LogP contribution in [0.1, 0.15) is 41.7 Å². The topological polar surface area (TPSA) is 76.2 Å². The second-order valence-corrected chi connectivity index (χ2v) is 8.41. The van der Waals surface area contributed by atoms with Crippen LogP contribution in [0.3, 0.4) is 0 Å². The lowest BCUT2D eigenvalue weighted by atomic mass is 9.85. The molecule has 2 fully saturated rings. The minimum atomic E-state index is -0.811. The smallest absolute Gasteiger partial charge is 0.257 e. The van der Waals surface area contributed by atoms with Crippen LogP contribution in [0.25, 0.3) is 10.9 Å². The van der Waals surface area contributed by atoms with Crippen molar-refractivity contribution in [3.05, 3.63) is 48.2 Å². The van der Waals surface area contributed by atoms with Crippen LogP contribution in [0.5, 0.6) is 0 Å². The monoisotopic (exact) mass is 379 g/mol. The number of carbonyl (C=O) groups excluding carboxylic acids is 1. The molecular weight excluding hydrogens is 354 g/mol. The van der Waals surface area contributed by atoms with Crippen molar-refractivity contribution in [3.63, 3.8) is 0 Å². The molecule has 5 heterocycles. The van der Waals surface area contributed by atoms with Crippen LogP contribution in [0, 0.1) is 6.92 Å². The normalized spacial score (nSPS) is 26.9. The van der Waals surface area contributed by atoms with Gasteiger partial charge in [-0.25, -0.2) is 0 Å². The first-order chi connectivity index (χ1) is 13.4. The van der Waals surface area contributed by atoms with Crippen molar-refractivity contribution in [1.82, 2.24) is 24.2 Å². The molecule has 3 aromatic rings. The molecule has 2 saturated heterocycles. The molecule has 0 aliphatic carbocycles. The van der Waals surface area contributed by atoms with Crippen LogP contribution in [-0.4, -0.2) is 52.9 Å². The van der Waals surface area contributed by atoms with Crippen LogP contribution >= 0.6 is 0 Å². The highest BCUT2D eigenvalue weighted by Crippen LogP contribution is 2.42. The van der Waals surface area contributed by atoms with Crippen LogP contribution < -0.4 is 0 Å². The molecule has 7 nitrogen and oxygen atoms in total. The molecule has 2 bridgehead atoms. The van der Waals surface area contributed by atoms with Crippen molar-refractivity contribution in [2.45, 2.75) is 56.8 Å². The summed E-state index contributed by atoms with van der Waals surface area (Å²) in [5.41, 5.74) is 1.66. The first kappa shape index (κ1) is 17.4. The highest BCUT2D eigenvalue weighted by Gasteiger charge is 2.49. The summed E-state index contributed by atoms with van der Waals surface area (Å²) in [6, 6.07) is 4.20. The number of hydrogen-bond acceptors (Lipinski definition) is 4. The first-order valence-corrected chi connectivity index (χ1v) is 9.88. The van der Waals surface area contributed by atoms with E-state index in [0.717, 1.165) is 29.4 Å². The number of fused-ring (bicyclic) bond motifs is 3. The predicted molar refractivity (Wildman–Crippen MR) is 105 cm³/mol. The van der Waals surface area contributed by atoms with Gasteiger partial charge < -0.3 is 14.6 Å². The molecule has 7 heteroatoms. The third-order valence-corrected chi connectivity index (χ3v) is 6.37. The van der Waals surface area contributed by atoms with E-state index in [-0.39, 0.29) is 18.0 Å². The van der Waals surface area contributed by atoms with E-state index in [2.05, 4.69) is 20.7 Å². The van der Waals surface area contributed by atoms with E-state index < -0.39 is 5.60 Å². The molecule has 3 aromatic heterocycles. The summed E-state index contributed by atoms with van der Waals surface area (Å²) in [4.78, 5) is 19.4. The van der Waals surface area contributed by atoms with Crippen molar-refractivity contribution in [2.75, 3.05) is 0 Å². The Morgan fingerprint density at radius 3 is 2.71 bits per heavy atom. The maximum atomic E-state index is 13.2. The molecule has 146 valence electrons. The summed E-state index contributed by atoms with van der Waals surface area (Å²) in [5, 5.41) is 16.9. The van der Waals surface area contributed by atoms with Gasteiger partial charge in [0.05, 0.1) is 35.1 Å². The third-order valence-electron chi connectivity index (χ3n) is 6.37. The average Bonchev–Trinajstić information content (AvgIpc) is 3.29. The van der Waals surface area contributed by atoms with Crippen LogP contribution in [0.2, 0.25) is 0 Å². The Kier molecular flexibility index (Phi) is 3.84. The standard InChI is InChI=1S/C21H25N5O2/c1-14-18(12-24(2)23-14)20(27)26-16-3-4-17(26)10-21(28,9-16)13-25-8-6-15-5-7-22-11-19(15)25/h5-8,11-12,16-17,28H,3-4,9-10,13H2,1-2H3. The summed E-state index contributed by atoms with van der Waals surface area (Å²) in [7, 11) is 1.84. The van der Waals surface area contributed by atoms with Gasteiger partial charge in [0.25, 0.3) is 5.91 Å². The Labute approximate surface area is 163 Å². The number of aliphatic hydroxyl groups is 1. The van der Waals surface area contributed by atoms with Crippen LogP contribution in [0.15, 0.2) is 36.9 Å². The minimum absolute atomic E-state index is 0.0516. The molecule has 1 amide bonds. The summed E-state index contributed by atoms with van der Waals surface area (Å²) in [6.45, 7) is 2.41. The van der Waals surface area contributed by atoms with E-state index in [0.29, 0.717) is 24.9 Å². The molecular formula is C21H25N5O2. The molecule has 28 heavy (non-hydrogen) atoms. The van der Waals surface area contributed by atoms with E-state index in [4.69, 9.17) is 0 Å². The Hall–Kier alpha value is -2.67. The second kappa shape index (κ2) is 6.17. The van der Waals surface area contributed by atoms with Gasteiger partial charge in [0, 0.05) is 43.1 Å². The fourth-order valence-corrected chi connectivity index (χ4v) is 5.22. The molecule has 2 aliphatic heterocycles. The largest absolute Gasteiger partial charge is 0.388 e. The molecule has 0 aromatic carbocycles. The number of carbonyl (C=O) groups is 1.